The molecule has 31 heavy (non-hydrogen) atoms. The number of rotatable bonds is 7. The number of carboxylic acid groups (broad SMARTS) is 1. The van der Waals surface area contributed by atoms with Gasteiger partial charge >= 0.3 is 5.97 Å². The SMILES string of the molecule is O=C(Cn1nc(COc2ccc3c(c2)CCCC3)oc1=S)Nc1cccc(C(=O)O)c1. The molecular weight excluding hydrogens is 418 g/mol. The van der Waals surface area contributed by atoms with Crippen molar-refractivity contribution in [2.24, 2.45) is 0 Å². The van der Waals surface area contributed by atoms with E-state index in [2.05, 4.69) is 22.5 Å². The van der Waals surface area contributed by atoms with Gasteiger partial charge in [-0.15, -0.1) is 5.10 Å². The van der Waals surface area contributed by atoms with Gasteiger partial charge < -0.3 is 19.6 Å². The lowest BCUT2D eigenvalue weighted by atomic mass is 9.92. The number of hydrogen-bond acceptors (Lipinski definition) is 6. The number of carbonyl (C=O) groups is 2. The molecule has 1 aliphatic rings. The Morgan fingerprint density at radius 1 is 1.16 bits per heavy atom. The van der Waals surface area contributed by atoms with Crippen LogP contribution in [0.25, 0.3) is 0 Å². The van der Waals surface area contributed by atoms with Crippen LogP contribution in [0, 0.1) is 4.84 Å². The number of nitrogens with one attached hydrogen (secondary N) is 1. The minimum Gasteiger partial charge on any atom is -0.484 e. The molecule has 0 radical (unpaired) electrons. The average Bonchev–Trinajstić information content (AvgIpc) is 3.11. The molecule has 1 aromatic heterocycles. The molecule has 0 saturated heterocycles. The van der Waals surface area contributed by atoms with Crippen LogP contribution in [-0.2, 0) is 30.8 Å². The molecule has 0 fully saturated rings. The molecule has 8 nitrogen and oxygen atoms in total. The summed E-state index contributed by atoms with van der Waals surface area (Å²) in [7, 11) is 0. The summed E-state index contributed by atoms with van der Waals surface area (Å²) in [5, 5.41) is 15.9. The first kappa shape index (κ1) is 20.8. The summed E-state index contributed by atoms with van der Waals surface area (Å²) in [6, 6.07) is 12.1. The number of aryl methyl sites for hydroxylation is 2. The van der Waals surface area contributed by atoms with Gasteiger partial charge in [-0.3, -0.25) is 4.79 Å². The first-order valence-electron chi connectivity index (χ1n) is 9.92. The van der Waals surface area contributed by atoms with E-state index in [0.717, 1.165) is 18.6 Å². The van der Waals surface area contributed by atoms with Crippen LogP contribution in [0.4, 0.5) is 5.69 Å². The van der Waals surface area contributed by atoms with E-state index in [0.29, 0.717) is 5.69 Å². The smallest absolute Gasteiger partial charge is 0.335 e. The number of hydrogen-bond donors (Lipinski definition) is 2. The standard InChI is InChI=1S/C22H21N3O5S/c26-19(23-17-7-3-6-16(10-17)21(27)28)12-25-22(31)30-20(24-25)13-29-18-9-8-14-4-1-2-5-15(14)11-18/h3,6-11H,1-2,4-5,12-13H2,(H,23,26)(H,27,28). The van der Waals surface area contributed by atoms with Crippen LogP contribution in [0.3, 0.4) is 0 Å². The summed E-state index contributed by atoms with van der Waals surface area (Å²) in [4.78, 5) is 23.4. The highest BCUT2D eigenvalue weighted by Crippen LogP contribution is 2.25. The Morgan fingerprint density at radius 3 is 2.77 bits per heavy atom. The Balaban J connectivity index is 1.36. The lowest BCUT2D eigenvalue weighted by Gasteiger charge is -2.16. The van der Waals surface area contributed by atoms with Gasteiger partial charge in [0, 0.05) is 5.69 Å². The average molecular weight is 439 g/mol. The summed E-state index contributed by atoms with van der Waals surface area (Å²) in [5.41, 5.74) is 3.15. The number of aromatic nitrogens is 2. The van der Waals surface area contributed by atoms with Crippen molar-refractivity contribution in [3.05, 3.63) is 69.9 Å². The second-order valence-electron chi connectivity index (χ2n) is 7.28. The second-order valence-corrected chi connectivity index (χ2v) is 7.63. The number of ether oxygens (including phenoxy) is 1. The highest BCUT2D eigenvalue weighted by molar-refractivity contribution is 7.71. The minimum absolute atomic E-state index is 0.0541. The first-order valence-corrected chi connectivity index (χ1v) is 10.3. The predicted molar refractivity (Wildman–Crippen MR) is 115 cm³/mol. The maximum Gasteiger partial charge on any atom is 0.335 e. The first-order chi connectivity index (χ1) is 15.0. The van der Waals surface area contributed by atoms with Gasteiger partial charge in [0.1, 0.15) is 12.3 Å². The van der Waals surface area contributed by atoms with Gasteiger partial charge in [0.15, 0.2) is 6.61 Å². The topological polar surface area (TPSA) is 107 Å². The number of carbonyl (C=O) groups excluding carboxylic acids is 1. The van der Waals surface area contributed by atoms with E-state index in [9.17, 15) is 9.59 Å². The van der Waals surface area contributed by atoms with Crippen molar-refractivity contribution >= 4 is 29.8 Å². The molecule has 2 aromatic carbocycles. The molecular formula is C22H21N3O5S. The molecule has 160 valence electrons. The number of benzene rings is 2. The number of nitrogens with zero attached hydrogens (tertiary/aromatic N) is 2. The van der Waals surface area contributed by atoms with E-state index >= 15 is 0 Å². The molecule has 2 N–H and O–H groups in total. The van der Waals surface area contributed by atoms with Crippen LogP contribution in [0.1, 0.15) is 40.2 Å². The van der Waals surface area contributed by atoms with Gasteiger partial charge in [-0.1, -0.05) is 12.1 Å². The fraction of sp³-hybridized carbons (Fsp3) is 0.273. The third kappa shape index (κ3) is 5.18. The summed E-state index contributed by atoms with van der Waals surface area (Å²) >= 11 is 5.14. The number of aromatic carboxylic acids is 1. The van der Waals surface area contributed by atoms with E-state index in [-0.39, 0.29) is 29.4 Å². The Morgan fingerprint density at radius 2 is 1.97 bits per heavy atom. The van der Waals surface area contributed by atoms with Crippen LogP contribution in [0.5, 0.6) is 5.75 Å². The van der Waals surface area contributed by atoms with Crippen LogP contribution in [0.2, 0.25) is 0 Å². The van der Waals surface area contributed by atoms with Crippen LogP contribution < -0.4 is 10.1 Å². The fourth-order valence-electron chi connectivity index (χ4n) is 3.52. The molecule has 3 aromatic rings. The van der Waals surface area contributed by atoms with Gasteiger partial charge in [0.2, 0.25) is 5.91 Å². The van der Waals surface area contributed by atoms with Crippen molar-refractivity contribution in [3.8, 4) is 5.75 Å². The third-order valence-corrected chi connectivity index (χ3v) is 5.31. The highest BCUT2D eigenvalue weighted by atomic mass is 32.1. The largest absolute Gasteiger partial charge is 0.484 e. The molecule has 0 aliphatic heterocycles. The minimum atomic E-state index is -1.07. The van der Waals surface area contributed by atoms with E-state index < -0.39 is 11.9 Å². The summed E-state index contributed by atoms with van der Waals surface area (Å²) in [6.45, 7) is -0.0732. The molecule has 1 amide bonds. The molecule has 0 bridgehead atoms. The van der Waals surface area contributed by atoms with E-state index in [1.54, 1.807) is 12.1 Å². The third-order valence-electron chi connectivity index (χ3n) is 5.02. The Labute approximate surface area is 183 Å². The van der Waals surface area contributed by atoms with E-state index in [1.807, 2.05) is 6.07 Å². The molecule has 0 unspecified atom stereocenters. The van der Waals surface area contributed by atoms with Crippen molar-refractivity contribution in [2.45, 2.75) is 38.8 Å². The van der Waals surface area contributed by atoms with Crippen molar-refractivity contribution in [1.82, 2.24) is 9.78 Å². The summed E-state index contributed by atoms with van der Waals surface area (Å²) < 4.78 is 12.5. The number of carboxylic acids is 1. The number of amides is 1. The van der Waals surface area contributed by atoms with Gasteiger partial charge in [0.05, 0.1) is 5.56 Å². The fourth-order valence-corrected chi connectivity index (χ4v) is 3.72. The maximum absolute atomic E-state index is 12.3. The van der Waals surface area contributed by atoms with Gasteiger partial charge in [-0.2, -0.15) is 0 Å². The molecule has 0 spiro atoms. The molecule has 1 heterocycles. The number of anilines is 1. The second kappa shape index (κ2) is 9.13. The monoisotopic (exact) mass is 439 g/mol. The molecule has 4 rings (SSSR count). The summed E-state index contributed by atoms with van der Waals surface area (Å²) in [5.74, 6) is -0.469. The zero-order valence-electron chi connectivity index (χ0n) is 16.7. The maximum atomic E-state index is 12.3. The van der Waals surface area contributed by atoms with Crippen LogP contribution in [0.15, 0.2) is 46.9 Å². The van der Waals surface area contributed by atoms with Crippen LogP contribution in [-0.4, -0.2) is 26.8 Å². The van der Waals surface area contributed by atoms with E-state index in [1.165, 1.54) is 40.8 Å². The zero-order chi connectivity index (χ0) is 21.8. The Kier molecular flexibility index (Phi) is 6.13. The van der Waals surface area contributed by atoms with Gasteiger partial charge in [0.25, 0.3) is 10.7 Å². The van der Waals surface area contributed by atoms with Crippen molar-refractivity contribution < 1.29 is 23.8 Å². The lowest BCUT2D eigenvalue weighted by molar-refractivity contribution is -0.117. The van der Waals surface area contributed by atoms with Gasteiger partial charge in [-0.05, 0) is 79.4 Å². The highest BCUT2D eigenvalue weighted by Gasteiger charge is 2.13. The normalized spacial score (nSPS) is 12.8. The Hall–Kier alpha value is -3.46. The molecule has 0 atom stereocenters. The number of fused-ring (bicyclic) bond motifs is 1. The van der Waals surface area contributed by atoms with Crippen molar-refractivity contribution in [3.63, 3.8) is 0 Å². The molecule has 0 saturated carbocycles. The molecule has 9 heteroatoms. The zero-order valence-corrected chi connectivity index (χ0v) is 17.5. The quantitative estimate of drug-likeness (QED) is 0.536. The van der Waals surface area contributed by atoms with Crippen molar-refractivity contribution in [2.75, 3.05) is 5.32 Å². The van der Waals surface area contributed by atoms with Crippen LogP contribution >= 0.6 is 12.2 Å². The molecule has 1 aliphatic carbocycles. The lowest BCUT2D eigenvalue weighted by Crippen LogP contribution is -2.20. The Bertz CT molecular complexity index is 1180. The van der Waals surface area contributed by atoms with Gasteiger partial charge in [-0.25, -0.2) is 9.48 Å². The summed E-state index contributed by atoms with van der Waals surface area (Å²) in [6.07, 6.45) is 4.59. The predicted octanol–water partition coefficient (Wildman–Crippen LogP) is 4.00. The van der Waals surface area contributed by atoms with Crippen molar-refractivity contribution in [1.29, 1.82) is 0 Å². The van der Waals surface area contributed by atoms with E-state index in [4.69, 9.17) is 26.5 Å².